The molecule has 0 aliphatic heterocycles. The normalized spacial score (nSPS) is 12.2. The van der Waals surface area contributed by atoms with E-state index in [1.165, 1.54) is 79.5 Å². The van der Waals surface area contributed by atoms with E-state index in [2.05, 4.69) is 120 Å². The largest absolute Gasteiger partial charge is 0.183 e. The molecule has 0 N–H and O–H groups in total. The Morgan fingerprint density at radius 1 is 0.786 bits per heavy atom. The van der Waals surface area contributed by atoms with Gasteiger partial charge < -0.3 is 0 Å². The molecule has 2 aliphatic carbocycles. The van der Waals surface area contributed by atoms with Gasteiger partial charge in [-0.15, -0.1) is 64.8 Å². The molecule has 3 heteroatoms. The summed E-state index contributed by atoms with van der Waals surface area (Å²) < 4.78 is 3.34. The zero-order chi connectivity index (χ0) is 29.5. The Morgan fingerprint density at radius 2 is 1.40 bits per heavy atom. The topological polar surface area (TPSA) is 0 Å². The number of hydrogen-bond donors (Lipinski definition) is 0. The molecule has 2 aliphatic rings. The zero-order valence-corrected chi connectivity index (χ0v) is 30.5. The van der Waals surface area contributed by atoms with Crippen LogP contribution < -0.4 is 0 Å². The smallest absolute Gasteiger partial charge is 0.0648 e. The van der Waals surface area contributed by atoms with Gasteiger partial charge in [-0.3, -0.25) is 6.08 Å². The predicted octanol–water partition coefficient (Wildman–Crippen LogP) is 11.0. The van der Waals surface area contributed by atoms with Crippen molar-refractivity contribution in [3.05, 3.63) is 130 Å². The molecule has 0 bridgehead atoms. The number of halogens is 2. The molecule has 222 valence electrons. The maximum atomic E-state index is 3.69. The van der Waals surface area contributed by atoms with Gasteiger partial charge in [-0.2, -0.15) is 48.0 Å². The number of aryl methyl sites for hydroxylation is 2. The molecule has 0 amide bonds. The van der Waals surface area contributed by atoms with E-state index in [4.69, 9.17) is 0 Å². The summed E-state index contributed by atoms with van der Waals surface area (Å²) in [5, 5.41) is 2.53. The van der Waals surface area contributed by atoms with Gasteiger partial charge in [0.1, 0.15) is 0 Å². The summed E-state index contributed by atoms with van der Waals surface area (Å²) in [5.74, 6) is 0. The number of hydrogen-bond acceptors (Lipinski definition) is 0. The molecular weight excluding hydrogens is 631 g/mol. The van der Waals surface area contributed by atoms with Crippen LogP contribution in [0.2, 0.25) is 0 Å². The Labute approximate surface area is 282 Å². The molecule has 0 spiro atoms. The summed E-state index contributed by atoms with van der Waals surface area (Å²) in [6.07, 6.45) is 11.0. The van der Waals surface area contributed by atoms with Gasteiger partial charge in [-0.1, -0.05) is 89.8 Å². The van der Waals surface area contributed by atoms with Crippen LogP contribution in [-0.4, -0.2) is 4.21 Å². The Hall–Kier alpha value is -2.05. The maximum absolute atomic E-state index is 3.69. The number of benzene rings is 4. The molecule has 0 aromatic heterocycles. The van der Waals surface area contributed by atoms with Crippen molar-refractivity contribution in [2.75, 3.05) is 0 Å². The minimum absolute atomic E-state index is 0. The van der Waals surface area contributed by atoms with Crippen LogP contribution in [0.15, 0.2) is 78.9 Å². The summed E-state index contributed by atoms with van der Waals surface area (Å²) in [4.78, 5) is 0. The van der Waals surface area contributed by atoms with Crippen LogP contribution in [0.25, 0.3) is 21.9 Å². The van der Waals surface area contributed by atoms with E-state index >= 15 is 0 Å². The van der Waals surface area contributed by atoms with E-state index in [-0.39, 0.29) is 35.6 Å². The molecule has 0 atom stereocenters. The van der Waals surface area contributed by atoms with Crippen molar-refractivity contribution in [1.29, 1.82) is 0 Å². The van der Waals surface area contributed by atoms with Crippen LogP contribution in [0, 0.1) is 32.1 Å². The first-order valence-electron chi connectivity index (χ1n) is 14.1. The molecule has 0 heterocycles. The van der Waals surface area contributed by atoms with Crippen molar-refractivity contribution in [3.63, 3.8) is 0 Å². The molecule has 0 radical (unpaired) electrons. The Bertz CT molecular complexity index is 1370. The van der Waals surface area contributed by atoms with Crippen LogP contribution in [0.5, 0.6) is 0 Å². The third-order valence-electron chi connectivity index (χ3n) is 7.26. The molecule has 6 rings (SSSR count). The second-order valence-corrected chi connectivity index (χ2v) is 12.5. The molecule has 42 heavy (non-hydrogen) atoms. The fraction of sp³-hybridized carbons (Fsp3) is 0.308. The standard InChI is InChI=1S/C23H29.C10H7.C5H5.CH2.2ClH.Zr/c1-14-9-16-11-17-10-15(2)21(23(6,7)8)13-19(17)18(16)12-20(14)22(3,4)5;1-2-6-10-8-4-3-7-9(10)5-1;1-2-4-5-3-1;;;;/h9,12-13H,11H2,1-8H3;1-3,5-8H;1-3H,4H2;1H2;2*1H;/q3*-1;;;;. The molecule has 0 saturated carbocycles. The van der Waals surface area contributed by atoms with Crippen LogP contribution in [0.1, 0.15) is 81.3 Å². The Morgan fingerprint density at radius 3 is 1.93 bits per heavy atom. The minimum Gasteiger partial charge on any atom is -0.183 e. The van der Waals surface area contributed by atoms with Crippen molar-refractivity contribution >= 4 is 39.8 Å². The molecule has 0 fully saturated rings. The number of rotatable bonds is 0. The van der Waals surface area contributed by atoms with Crippen LogP contribution in [-0.2, 0) is 41.5 Å². The van der Waals surface area contributed by atoms with Gasteiger partial charge >= 0.3 is 28.4 Å². The molecule has 4 aromatic rings. The van der Waals surface area contributed by atoms with Gasteiger partial charge in [-0.05, 0) is 35.4 Å². The first-order chi connectivity index (χ1) is 18.9. The predicted molar refractivity (Wildman–Crippen MR) is 186 cm³/mol. The van der Waals surface area contributed by atoms with Gasteiger partial charge in [-0.25, -0.2) is 12.2 Å². The van der Waals surface area contributed by atoms with E-state index in [0.717, 1.165) is 12.8 Å². The van der Waals surface area contributed by atoms with Crippen molar-refractivity contribution in [1.82, 2.24) is 0 Å². The summed E-state index contributed by atoms with van der Waals surface area (Å²) in [6.45, 7) is 18.2. The minimum atomic E-state index is 0. The first-order valence-corrected chi connectivity index (χ1v) is 15.8. The molecule has 0 nitrogen and oxygen atoms in total. The van der Waals surface area contributed by atoms with Crippen molar-refractivity contribution in [2.45, 2.75) is 79.1 Å². The molecule has 0 unspecified atom stereocenters. The average molecular weight is 676 g/mol. The van der Waals surface area contributed by atoms with E-state index in [1.54, 1.807) is 0 Å². The quantitative estimate of drug-likeness (QED) is 0.143. The van der Waals surface area contributed by atoms with E-state index in [1.807, 2.05) is 36.4 Å². The van der Waals surface area contributed by atoms with Gasteiger partial charge in [0.25, 0.3) is 0 Å². The summed E-state index contributed by atoms with van der Waals surface area (Å²) in [6, 6.07) is 28.2. The van der Waals surface area contributed by atoms with Crippen LogP contribution in [0.4, 0.5) is 0 Å². The Balaban J connectivity index is 0.000000382. The fourth-order valence-corrected chi connectivity index (χ4v) is 5.43. The maximum Gasteiger partial charge on any atom is -0.0648 e. The van der Waals surface area contributed by atoms with Crippen molar-refractivity contribution < 1.29 is 24.2 Å². The molecule has 0 saturated heterocycles. The Kier molecular flexibility index (Phi) is 15.1. The van der Waals surface area contributed by atoms with E-state index in [9.17, 15) is 0 Å². The first kappa shape index (κ1) is 38.0. The van der Waals surface area contributed by atoms with Gasteiger partial charge in [0.05, 0.1) is 0 Å². The monoisotopic (exact) mass is 673 g/mol. The summed E-state index contributed by atoms with van der Waals surface area (Å²) in [5.41, 5.74) is 11.6. The van der Waals surface area contributed by atoms with E-state index in [0.29, 0.717) is 0 Å². The van der Waals surface area contributed by atoms with Gasteiger partial charge in [0.2, 0.25) is 0 Å². The molecule has 4 aromatic carbocycles. The van der Waals surface area contributed by atoms with Gasteiger partial charge in [0, 0.05) is 0 Å². The number of fused-ring (bicyclic) bond motifs is 4. The van der Waals surface area contributed by atoms with E-state index < -0.39 is 0 Å². The van der Waals surface area contributed by atoms with Crippen molar-refractivity contribution in [2.24, 2.45) is 0 Å². The second kappa shape index (κ2) is 16.7. The van der Waals surface area contributed by atoms with Crippen LogP contribution >= 0.6 is 24.8 Å². The summed E-state index contributed by atoms with van der Waals surface area (Å²) in [7, 11) is 0. The number of allylic oxidation sites excluding steroid dienone is 4. The summed E-state index contributed by atoms with van der Waals surface area (Å²) >= 11 is 1.30. The average Bonchev–Trinajstić information content (AvgIpc) is 3.60. The zero-order valence-electron chi connectivity index (χ0n) is 26.4. The van der Waals surface area contributed by atoms with Gasteiger partial charge in [0.15, 0.2) is 0 Å². The second-order valence-electron chi connectivity index (χ2n) is 12.5. The van der Waals surface area contributed by atoms with Crippen LogP contribution in [0.3, 0.4) is 0 Å². The third-order valence-corrected chi connectivity index (χ3v) is 7.26. The SMILES string of the molecule is Cc1[c-]c2c(cc1C(C)(C)C)-c1cc(C(C)(C)C)c(C)cc1C2.Cl.Cl.[C-]1=CC=CC1.[CH2]=[Zr].[c-]1ccc2ccccc2c1. The van der Waals surface area contributed by atoms with Crippen molar-refractivity contribution in [3.8, 4) is 11.1 Å². The third kappa shape index (κ3) is 9.74. The fourth-order valence-electron chi connectivity index (χ4n) is 5.43. The molecular formula is C39H45Cl2Zr-3.